The number of hydrogen-bond donors (Lipinski definition) is 3. The Morgan fingerprint density at radius 2 is 1.87 bits per heavy atom. The van der Waals surface area contributed by atoms with Gasteiger partial charge in [0.25, 0.3) is 5.91 Å². The van der Waals surface area contributed by atoms with Crippen molar-refractivity contribution in [1.29, 1.82) is 0 Å². The summed E-state index contributed by atoms with van der Waals surface area (Å²) in [5.74, 6) is -0.858. The van der Waals surface area contributed by atoms with Crippen LogP contribution in [0.25, 0.3) is 0 Å². The van der Waals surface area contributed by atoms with Crippen molar-refractivity contribution in [2.75, 3.05) is 45.3 Å². The van der Waals surface area contributed by atoms with Crippen molar-refractivity contribution >= 4 is 64.5 Å². The summed E-state index contributed by atoms with van der Waals surface area (Å²) in [6.07, 6.45) is 4.91. The van der Waals surface area contributed by atoms with Crippen molar-refractivity contribution in [2.45, 2.75) is 30.1 Å². The van der Waals surface area contributed by atoms with Crippen molar-refractivity contribution in [3.63, 3.8) is 0 Å². The largest absolute Gasteiger partial charge is 0.447 e. The Labute approximate surface area is 291 Å². The molecule has 1 aromatic carbocycles. The Bertz CT molecular complexity index is 1640. The molecule has 1 aliphatic rings. The zero-order valence-electron chi connectivity index (χ0n) is 25.9. The predicted octanol–water partition coefficient (Wildman–Crippen LogP) is 6.94. The molecular weight excluding hydrogens is 686 g/mol. The van der Waals surface area contributed by atoms with Gasteiger partial charge in [-0.1, -0.05) is 59.4 Å². The number of rotatable bonds is 13. The van der Waals surface area contributed by atoms with Gasteiger partial charge in [-0.05, 0) is 61.2 Å². The lowest BCUT2D eigenvalue weighted by Gasteiger charge is -2.42. The third kappa shape index (κ3) is 9.77. The molecule has 0 atom stereocenters. The molecule has 1 aliphatic heterocycles. The van der Waals surface area contributed by atoms with Gasteiger partial charge in [0.05, 0.1) is 30.8 Å². The van der Waals surface area contributed by atoms with E-state index >= 15 is 4.39 Å². The topological polar surface area (TPSA) is 132 Å². The molecule has 0 unspecified atom stereocenters. The van der Waals surface area contributed by atoms with Gasteiger partial charge in [0.15, 0.2) is 11.5 Å². The molecule has 2 amide bonds. The SMILES string of the molecule is C=C(Nc1cc(C)ccn1)S/C(=C\N)Sc1ccnc(C(=O)NCC2(c3ccc(Cl)c(Cl)c3)CCN(C(=O)OCCOC)CC2)c1F. The van der Waals surface area contributed by atoms with Crippen LogP contribution < -0.4 is 16.4 Å². The number of nitrogens with zero attached hydrogens (tertiary/aromatic N) is 3. The molecule has 10 nitrogen and oxygen atoms in total. The monoisotopic (exact) mass is 720 g/mol. The third-order valence-electron chi connectivity index (χ3n) is 7.43. The lowest BCUT2D eigenvalue weighted by atomic mass is 9.72. The van der Waals surface area contributed by atoms with E-state index in [-0.39, 0.29) is 23.7 Å². The fourth-order valence-corrected chi connectivity index (χ4v) is 7.00. The lowest BCUT2D eigenvalue weighted by Crippen LogP contribution is -2.50. The summed E-state index contributed by atoms with van der Waals surface area (Å²) in [4.78, 5) is 36.0. The normalized spacial score (nSPS) is 14.4. The van der Waals surface area contributed by atoms with E-state index in [1.807, 2.05) is 25.1 Å². The van der Waals surface area contributed by atoms with Crippen LogP contribution in [0.5, 0.6) is 0 Å². The Kier molecular flexibility index (Phi) is 13.2. The Balaban J connectivity index is 1.45. The van der Waals surface area contributed by atoms with Crippen LogP contribution in [0.3, 0.4) is 0 Å². The van der Waals surface area contributed by atoms with Gasteiger partial charge in [-0.25, -0.2) is 19.2 Å². The van der Waals surface area contributed by atoms with E-state index in [0.29, 0.717) is 57.7 Å². The molecule has 3 aromatic rings. The molecule has 0 bridgehead atoms. The fraction of sp³-hybridized carbons (Fsp3) is 0.312. The summed E-state index contributed by atoms with van der Waals surface area (Å²) in [5.41, 5.74) is 6.73. The van der Waals surface area contributed by atoms with Crippen LogP contribution >= 0.6 is 46.7 Å². The van der Waals surface area contributed by atoms with E-state index in [0.717, 1.165) is 22.9 Å². The van der Waals surface area contributed by atoms with Crippen LogP contribution in [0, 0.1) is 12.7 Å². The fourth-order valence-electron chi connectivity index (χ4n) is 4.90. The Morgan fingerprint density at radius 1 is 1.13 bits per heavy atom. The highest BCUT2D eigenvalue weighted by atomic mass is 35.5. The summed E-state index contributed by atoms with van der Waals surface area (Å²) in [5, 5.41) is 7.26. The zero-order valence-corrected chi connectivity index (χ0v) is 29.0. The first kappa shape index (κ1) is 36.3. The highest BCUT2D eigenvalue weighted by molar-refractivity contribution is 8.24. The zero-order chi connectivity index (χ0) is 34.0. The average molecular weight is 722 g/mol. The van der Waals surface area contributed by atoms with Crippen LogP contribution in [0.2, 0.25) is 10.0 Å². The molecule has 15 heteroatoms. The van der Waals surface area contributed by atoms with Crippen LogP contribution in [-0.2, 0) is 14.9 Å². The highest BCUT2D eigenvalue weighted by Crippen LogP contribution is 2.40. The third-order valence-corrected chi connectivity index (χ3v) is 10.2. The molecule has 0 aliphatic carbocycles. The van der Waals surface area contributed by atoms with E-state index in [4.69, 9.17) is 38.4 Å². The van der Waals surface area contributed by atoms with Crippen molar-refractivity contribution in [3.8, 4) is 0 Å². The number of nitrogens with one attached hydrogen (secondary N) is 2. The summed E-state index contributed by atoms with van der Waals surface area (Å²) in [6, 6.07) is 10.5. The molecule has 1 saturated heterocycles. The van der Waals surface area contributed by atoms with Gasteiger partial charge in [-0.15, -0.1) is 0 Å². The molecule has 250 valence electrons. The molecule has 0 radical (unpaired) electrons. The maximum absolute atomic E-state index is 15.7. The first-order chi connectivity index (χ1) is 22.5. The highest BCUT2D eigenvalue weighted by Gasteiger charge is 2.39. The van der Waals surface area contributed by atoms with Gasteiger partial charge in [0.2, 0.25) is 0 Å². The molecule has 47 heavy (non-hydrogen) atoms. The van der Waals surface area contributed by atoms with Crippen molar-refractivity contribution in [3.05, 3.63) is 104 Å². The van der Waals surface area contributed by atoms with Gasteiger partial charge >= 0.3 is 6.09 Å². The Morgan fingerprint density at radius 3 is 2.55 bits per heavy atom. The summed E-state index contributed by atoms with van der Waals surface area (Å²) in [7, 11) is 1.53. The maximum atomic E-state index is 15.7. The molecule has 0 saturated carbocycles. The molecule has 2 aromatic heterocycles. The average Bonchev–Trinajstić information content (AvgIpc) is 3.05. The van der Waals surface area contributed by atoms with Crippen LogP contribution in [-0.4, -0.2) is 66.8 Å². The van der Waals surface area contributed by atoms with Gasteiger partial charge in [-0.3, -0.25) is 4.79 Å². The molecule has 4 rings (SSSR count). The van der Waals surface area contributed by atoms with Crippen molar-refractivity contribution in [2.24, 2.45) is 5.73 Å². The van der Waals surface area contributed by atoms with Gasteiger partial charge < -0.3 is 30.7 Å². The van der Waals surface area contributed by atoms with E-state index < -0.39 is 23.2 Å². The Hall–Kier alpha value is -3.49. The molecule has 4 N–H and O–H groups in total. The van der Waals surface area contributed by atoms with E-state index in [1.165, 1.54) is 37.3 Å². The molecule has 1 fully saturated rings. The lowest BCUT2D eigenvalue weighted by molar-refractivity contribution is 0.0589. The van der Waals surface area contributed by atoms with Crippen molar-refractivity contribution < 1.29 is 23.5 Å². The quantitative estimate of drug-likeness (QED) is 0.126. The van der Waals surface area contributed by atoms with Crippen LogP contribution in [0.15, 0.2) is 75.7 Å². The number of nitrogens with two attached hydrogens (primary N) is 1. The molecule has 3 heterocycles. The number of thioether (sulfide) groups is 2. The number of hydrogen-bond acceptors (Lipinski definition) is 10. The smallest absolute Gasteiger partial charge is 0.409 e. The number of likely N-dealkylation sites (tertiary alicyclic amines) is 1. The second-order valence-electron chi connectivity index (χ2n) is 10.6. The van der Waals surface area contributed by atoms with E-state index in [9.17, 15) is 9.59 Å². The standard InChI is InChI=1S/C32H35Cl2FN6O4S2/c1-20-6-10-37-26(16-20)40-21(2)46-27(18-36)47-25-7-11-38-29(28(25)35)30(42)39-19-32(22-4-5-23(33)24(34)17-22)8-12-41(13-9-32)31(43)45-15-14-44-3/h4-7,10-11,16-18H,2,8-9,12-15,19,36H2,1,3H3,(H,37,40)(H,39,42)/b27-18+. The van der Waals surface area contributed by atoms with E-state index in [2.05, 4.69) is 27.2 Å². The van der Waals surface area contributed by atoms with Crippen LogP contribution in [0.1, 0.15) is 34.5 Å². The number of ether oxygens (including phenoxy) is 2. The minimum atomic E-state index is -0.786. The van der Waals surface area contributed by atoms with Crippen molar-refractivity contribution in [1.82, 2.24) is 20.2 Å². The van der Waals surface area contributed by atoms with Gasteiger partial charge in [-0.2, -0.15) is 0 Å². The predicted molar refractivity (Wildman–Crippen MR) is 186 cm³/mol. The number of carbonyl (C=O) groups excluding carboxylic acids is 2. The van der Waals surface area contributed by atoms with E-state index in [1.54, 1.807) is 23.2 Å². The molecule has 0 spiro atoms. The number of pyridine rings is 2. The first-order valence-corrected chi connectivity index (χ1v) is 16.9. The number of methoxy groups -OCH3 is 1. The number of anilines is 1. The van der Waals surface area contributed by atoms with Gasteiger partial charge in [0, 0.05) is 50.8 Å². The number of carbonyl (C=O) groups is 2. The van der Waals surface area contributed by atoms with Crippen LogP contribution in [0.4, 0.5) is 15.0 Å². The molecular formula is C32H35Cl2FN6O4S2. The number of aromatic nitrogens is 2. The first-order valence-electron chi connectivity index (χ1n) is 14.5. The number of benzene rings is 1. The number of aryl methyl sites for hydroxylation is 1. The maximum Gasteiger partial charge on any atom is 0.409 e. The number of amides is 2. The number of piperidine rings is 1. The second-order valence-corrected chi connectivity index (χ2v) is 13.9. The summed E-state index contributed by atoms with van der Waals surface area (Å²) in [6.45, 7) is 7.26. The summed E-state index contributed by atoms with van der Waals surface area (Å²) < 4.78 is 26.5. The number of halogens is 3. The minimum absolute atomic E-state index is 0.136. The second kappa shape index (κ2) is 17.1. The van der Waals surface area contributed by atoms with Gasteiger partial charge in [0.1, 0.15) is 12.4 Å². The minimum Gasteiger partial charge on any atom is -0.447 e. The summed E-state index contributed by atoms with van der Waals surface area (Å²) >= 11 is 14.8.